The fourth-order valence-electron chi connectivity index (χ4n) is 5.63. The van der Waals surface area contributed by atoms with Gasteiger partial charge in [-0.05, 0) is 57.6 Å². The first-order valence-electron chi connectivity index (χ1n) is 21.0. The van der Waals surface area contributed by atoms with Gasteiger partial charge in [0.05, 0.1) is 15.1 Å². The zero-order chi connectivity index (χ0) is 42.1. The number of fused-ring (bicyclic) bond motifs is 3. The van der Waals surface area contributed by atoms with Gasteiger partial charge in [0.25, 0.3) is 0 Å². The minimum Gasteiger partial charge on any atom is -0.456 e. The van der Waals surface area contributed by atoms with E-state index in [1.807, 2.05) is 72.8 Å². The maximum atomic E-state index is 9.19. The van der Waals surface area contributed by atoms with Crippen molar-refractivity contribution in [1.29, 1.82) is 0 Å². The van der Waals surface area contributed by atoms with Gasteiger partial charge in [-0.15, -0.1) is 0 Å². The van der Waals surface area contributed by atoms with E-state index in [2.05, 4.69) is 29.2 Å². The van der Waals surface area contributed by atoms with Gasteiger partial charge in [0.1, 0.15) is 11.2 Å². The first-order chi connectivity index (χ1) is 28.8. The van der Waals surface area contributed by atoms with E-state index in [4.69, 9.17) is 26.7 Å². The van der Waals surface area contributed by atoms with Gasteiger partial charge in [-0.2, -0.15) is 0 Å². The first kappa shape index (κ1) is 19.2. The summed E-state index contributed by atoms with van der Waals surface area (Å²) in [4.78, 5) is 14.1. The Morgan fingerprint density at radius 1 is 0.367 bits per heavy atom. The monoisotopic (exact) mass is 638 g/mol. The van der Waals surface area contributed by atoms with E-state index in [1.165, 1.54) is 0 Å². The molecule has 0 saturated carbocycles. The molecule has 0 aliphatic heterocycles. The molecule has 230 valence electrons. The summed E-state index contributed by atoms with van der Waals surface area (Å²) in [6.07, 6.45) is 0. The Labute approximate surface area is 299 Å². The fraction of sp³-hybridized carbons (Fsp3) is 0. The Kier molecular flexibility index (Phi) is 4.78. The molecule has 0 atom stereocenters. The van der Waals surface area contributed by atoms with E-state index in [0.29, 0.717) is 11.1 Å². The van der Waals surface area contributed by atoms with E-state index in [1.54, 1.807) is 12.1 Å². The Hall–Kier alpha value is -6.65. The Morgan fingerprint density at radius 3 is 1.55 bits per heavy atom. The summed E-state index contributed by atoms with van der Waals surface area (Å²) in [5.41, 5.74) is 3.56. The predicted molar refractivity (Wildman–Crippen MR) is 200 cm³/mol. The topological polar surface area (TPSA) is 51.8 Å². The van der Waals surface area contributed by atoms with Crippen molar-refractivity contribution in [1.82, 2.24) is 15.0 Å². The molecule has 0 amide bonds. The molecule has 0 bridgehead atoms. The molecule has 0 radical (unpaired) electrons. The van der Waals surface area contributed by atoms with E-state index < -0.39 is 77.6 Å². The molecule has 0 unspecified atom stereocenters. The van der Waals surface area contributed by atoms with Gasteiger partial charge in [0.15, 0.2) is 17.5 Å². The SMILES string of the molecule is [2H]c1c([2H])c(-c2c([2H])c([2H])c3c(oc4c([2H])c([2H])c([2H])c([2H])c43)c2[2H])c([2H])c([2H])c1-c1nc(-c2ccccc2)nc(-c2ccc(-c3cccc(-c4ccccc4)c3)cc2)n1. The van der Waals surface area contributed by atoms with Crippen LogP contribution in [0, 0.1) is 0 Å². The average molecular weight is 639 g/mol. The molecule has 4 nitrogen and oxygen atoms in total. The molecule has 9 rings (SSSR count). The summed E-state index contributed by atoms with van der Waals surface area (Å²) >= 11 is 0. The van der Waals surface area contributed by atoms with Crippen molar-refractivity contribution in [3.63, 3.8) is 0 Å². The molecule has 0 spiro atoms. The van der Waals surface area contributed by atoms with Crippen molar-refractivity contribution < 1.29 is 19.5 Å². The van der Waals surface area contributed by atoms with E-state index in [9.17, 15) is 2.74 Å². The van der Waals surface area contributed by atoms with Crippen molar-refractivity contribution in [2.45, 2.75) is 0 Å². The van der Waals surface area contributed by atoms with Gasteiger partial charge in [0.2, 0.25) is 0 Å². The summed E-state index contributed by atoms with van der Waals surface area (Å²) in [6, 6.07) is 28.6. The van der Waals surface area contributed by atoms with E-state index in [0.717, 1.165) is 22.3 Å². The summed E-state index contributed by atoms with van der Waals surface area (Å²) < 4.78 is 102. The second-order valence-corrected chi connectivity index (χ2v) is 11.2. The third-order valence-electron chi connectivity index (χ3n) is 8.10. The number of aromatic nitrogens is 3. The molecular formula is C45H29N3O. The fourth-order valence-corrected chi connectivity index (χ4v) is 5.63. The van der Waals surface area contributed by atoms with Crippen LogP contribution in [0.15, 0.2) is 180 Å². The van der Waals surface area contributed by atoms with Crippen LogP contribution in [0.3, 0.4) is 0 Å². The standard InChI is InChI=1S/C45H29N3O/c1-3-10-30(11-4-1)36-14-9-15-37(28-36)31-18-22-34(23-19-31)44-46-43(33-12-5-2-6-13-33)47-45(48-44)35-24-20-32(21-25-35)38-26-27-40-39-16-7-8-17-41(39)49-42(40)29-38/h1-29H/i7D,8D,16D,17D,20D,21D,24D,25D,26D,27D,29D. The van der Waals surface area contributed by atoms with Crippen molar-refractivity contribution in [2.75, 3.05) is 0 Å². The van der Waals surface area contributed by atoms with Crippen LogP contribution in [0.1, 0.15) is 15.1 Å². The zero-order valence-corrected chi connectivity index (χ0v) is 25.6. The summed E-state index contributed by atoms with van der Waals surface area (Å²) in [5, 5.41) is -0.362. The molecule has 0 fully saturated rings. The van der Waals surface area contributed by atoms with Gasteiger partial charge in [-0.1, -0.05) is 151 Å². The molecule has 2 heterocycles. The van der Waals surface area contributed by atoms with Gasteiger partial charge in [0, 0.05) is 27.5 Å². The van der Waals surface area contributed by atoms with Crippen molar-refractivity contribution >= 4 is 21.9 Å². The number of hydrogen-bond acceptors (Lipinski definition) is 4. The van der Waals surface area contributed by atoms with Crippen LogP contribution < -0.4 is 0 Å². The molecule has 0 N–H and O–H groups in total. The smallest absolute Gasteiger partial charge is 0.164 e. The molecule has 49 heavy (non-hydrogen) atoms. The van der Waals surface area contributed by atoms with Crippen LogP contribution in [-0.2, 0) is 0 Å². The van der Waals surface area contributed by atoms with Gasteiger partial charge >= 0.3 is 0 Å². The maximum Gasteiger partial charge on any atom is 0.164 e. The Morgan fingerprint density at radius 2 is 0.857 bits per heavy atom. The minimum atomic E-state index is -0.639. The normalized spacial score (nSPS) is 14.4. The quantitative estimate of drug-likeness (QED) is 0.182. The molecular weight excluding hydrogens is 599 g/mol. The van der Waals surface area contributed by atoms with Crippen LogP contribution >= 0.6 is 0 Å². The highest BCUT2D eigenvalue weighted by Gasteiger charge is 2.14. The molecule has 9 aromatic rings. The highest BCUT2D eigenvalue weighted by atomic mass is 16.3. The Balaban J connectivity index is 1.19. The number of para-hydroxylation sites is 1. The summed E-state index contributed by atoms with van der Waals surface area (Å²) in [5.74, 6) is 0.299. The number of rotatable bonds is 6. The number of benzene rings is 7. The van der Waals surface area contributed by atoms with E-state index in [-0.39, 0.29) is 45.0 Å². The van der Waals surface area contributed by atoms with Crippen molar-refractivity contribution in [2.24, 2.45) is 0 Å². The predicted octanol–water partition coefficient (Wildman–Crippen LogP) is 11.8. The third-order valence-corrected chi connectivity index (χ3v) is 8.10. The molecule has 0 aliphatic rings. The van der Waals surface area contributed by atoms with Crippen LogP contribution in [0.2, 0.25) is 0 Å². The lowest BCUT2D eigenvalue weighted by atomic mass is 9.98. The second-order valence-electron chi connectivity index (χ2n) is 11.2. The van der Waals surface area contributed by atoms with Crippen LogP contribution in [0.4, 0.5) is 0 Å². The molecule has 2 aromatic heterocycles. The summed E-state index contributed by atoms with van der Waals surface area (Å²) in [6.45, 7) is 0. The summed E-state index contributed by atoms with van der Waals surface area (Å²) in [7, 11) is 0. The highest BCUT2D eigenvalue weighted by Crippen LogP contribution is 2.34. The third kappa shape index (κ3) is 5.56. The van der Waals surface area contributed by atoms with Gasteiger partial charge in [-0.3, -0.25) is 0 Å². The number of nitrogens with zero attached hydrogens (tertiary/aromatic N) is 3. The highest BCUT2D eigenvalue weighted by molar-refractivity contribution is 6.05. The number of furan rings is 1. The van der Waals surface area contributed by atoms with E-state index >= 15 is 0 Å². The van der Waals surface area contributed by atoms with Gasteiger partial charge in [-0.25, -0.2) is 15.0 Å². The Bertz CT molecular complexity index is 3180. The zero-order valence-electron chi connectivity index (χ0n) is 36.6. The lowest BCUT2D eigenvalue weighted by Crippen LogP contribution is -2.00. The van der Waals surface area contributed by atoms with Gasteiger partial charge < -0.3 is 4.42 Å². The van der Waals surface area contributed by atoms with Crippen LogP contribution in [-0.4, -0.2) is 15.0 Å². The maximum absolute atomic E-state index is 9.19. The number of hydrogen-bond donors (Lipinski definition) is 0. The van der Waals surface area contributed by atoms with Crippen LogP contribution in [0.25, 0.3) is 89.5 Å². The van der Waals surface area contributed by atoms with Crippen LogP contribution in [0.5, 0.6) is 0 Å². The van der Waals surface area contributed by atoms with Crippen molar-refractivity contribution in [3.05, 3.63) is 176 Å². The molecule has 7 aromatic carbocycles. The molecule has 0 saturated heterocycles. The lowest BCUT2D eigenvalue weighted by molar-refractivity contribution is 0.669. The molecule has 4 heteroatoms. The first-order valence-corrected chi connectivity index (χ1v) is 15.5. The lowest BCUT2D eigenvalue weighted by Gasteiger charge is -2.10. The average Bonchev–Trinajstić information content (AvgIpc) is 3.70. The minimum absolute atomic E-state index is 0.142. The second kappa shape index (κ2) is 12.2. The molecule has 0 aliphatic carbocycles. The largest absolute Gasteiger partial charge is 0.456 e. The van der Waals surface area contributed by atoms with Crippen molar-refractivity contribution in [3.8, 4) is 67.5 Å².